The van der Waals surface area contributed by atoms with E-state index >= 15 is 0 Å². The molecule has 0 atom stereocenters. The van der Waals surface area contributed by atoms with Crippen molar-refractivity contribution in [3.8, 4) is 11.5 Å². The number of sulfonamides is 1. The summed E-state index contributed by atoms with van der Waals surface area (Å²) < 4.78 is 40.8. The lowest BCUT2D eigenvalue weighted by Crippen LogP contribution is -2.22. The lowest BCUT2D eigenvalue weighted by atomic mass is 10.2. The van der Waals surface area contributed by atoms with E-state index < -0.39 is 10.0 Å². The van der Waals surface area contributed by atoms with Crippen molar-refractivity contribution in [3.63, 3.8) is 0 Å². The molecule has 2 aromatic carbocycles. The Morgan fingerprint density at radius 2 is 1.76 bits per heavy atom. The Balaban J connectivity index is 0.000000221. The average molecular weight is 420 g/mol. The van der Waals surface area contributed by atoms with Gasteiger partial charge in [0.05, 0.1) is 19.1 Å². The number of amidine groups is 1. The molecule has 0 bridgehead atoms. The number of rotatable bonds is 7. The molecule has 0 fully saturated rings. The summed E-state index contributed by atoms with van der Waals surface area (Å²) in [6.45, 7) is 1.16. The number of ether oxygens (including phenoxy) is 3. The third-order valence-electron chi connectivity index (χ3n) is 3.98. The number of benzene rings is 2. The molecular weight excluding hydrogens is 396 g/mol. The van der Waals surface area contributed by atoms with E-state index in [4.69, 9.17) is 14.2 Å². The number of carbonyl (C=O) groups is 1. The van der Waals surface area contributed by atoms with Crippen LogP contribution in [0.2, 0.25) is 0 Å². The van der Waals surface area contributed by atoms with Crippen LogP contribution in [0.25, 0.3) is 0 Å². The van der Waals surface area contributed by atoms with E-state index in [2.05, 4.69) is 9.71 Å². The molecule has 0 unspecified atom stereocenters. The molecule has 0 saturated heterocycles. The number of nitrogens with zero attached hydrogens (tertiary/aromatic N) is 1. The molecule has 0 aliphatic carbocycles. The van der Waals surface area contributed by atoms with Gasteiger partial charge in [-0.25, -0.2) is 8.42 Å². The molecule has 9 heteroatoms. The highest BCUT2D eigenvalue weighted by Crippen LogP contribution is 2.26. The molecule has 0 radical (unpaired) electrons. The molecular formula is C20H24N2O6S. The Morgan fingerprint density at radius 3 is 2.41 bits per heavy atom. The molecule has 1 N–H and O–H groups in total. The van der Waals surface area contributed by atoms with Gasteiger partial charge in [0.15, 0.2) is 11.5 Å². The van der Waals surface area contributed by atoms with Gasteiger partial charge in [-0.1, -0.05) is 12.1 Å². The minimum Gasteiger partial charge on any atom is -0.493 e. The van der Waals surface area contributed by atoms with Gasteiger partial charge in [0.2, 0.25) is 0 Å². The quantitative estimate of drug-likeness (QED) is 0.544. The van der Waals surface area contributed by atoms with Crippen LogP contribution in [-0.2, 0) is 14.8 Å². The first-order chi connectivity index (χ1) is 14.0. The minimum absolute atomic E-state index is 0.297. The van der Waals surface area contributed by atoms with Crippen molar-refractivity contribution in [2.45, 2.75) is 11.3 Å². The van der Waals surface area contributed by atoms with Gasteiger partial charge >= 0.3 is 0 Å². The molecule has 8 nitrogen and oxygen atoms in total. The summed E-state index contributed by atoms with van der Waals surface area (Å²) >= 11 is 0. The number of methoxy groups -OCH3 is 3. The van der Waals surface area contributed by atoms with Crippen LogP contribution in [0.3, 0.4) is 0 Å². The summed E-state index contributed by atoms with van der Waals surface area (Å²) in [5, 5.41) is 0. The number of nitrogens with one attached hydrogen (secondary N) is 1. The second kappa shape index (κ2) is 10.6. The maximum atomic E-state index is 11.7. The highest BCUT2D eigenvalue weighted by Gasteiger charge is 2.29. The van der Waals surface area contributed by atoms with Crippen LogP contribution < -0.4 is 14.2 Å². The summed E-state index contributed by atoms with van der Waals surface area (Å²) in [4.78, 5) is 14.9. The van der Waals surface area contributed by atoms with Gasteiger partial charge in [0, 0.05) is 31.4 Å². The number of aliphatic imine (C=N–C) groups is 1. The molecule has 1 aliphatic heterocycles. The van der Waals surface area contributed by atoms with E-state index in [1.165, 1.54) is 7.11 Å². The zero-order valence-electron chi connectivity index (χ0n) is 16.5. The van der Waals surface area contributed by atoms with Gasteiger partial charge in [0.1, 0.15) is 12.1 Å². The summed E-state index contributed by atoms with van der Waals surface area (Å²) in [5.74, 6) is 1.63. The smallest absolute Gasteiger partial charge is 0.263 e. The van der Waals surface area contributed by atoms with Crippen LogP contribution in [0.4, 0.5) is 0 Å². The number of hydrogen-bond acceptors (Lipinski definition) is 7. The fourth-order valence-electron chi connectivity index (χ4n) is 2.58. The van der Waals surface area contributed by atoms with E-state index in [1.807, 2.05) is 0 Å². The van der Waals surface area contributed by atoms with Gasteiger partial charge in [-0.3, -0.25) is 14.5 Å². The Kier molecular flexibility index (Phi) is 8.17. The summed E-state index contributed by atoms with van der Waals surface area (Å²) in [6, 6.07) is 11.8. The SMILES string of the molecule is COCCCN=C1NS(=O)(=O)c2ccccc21.COc1ccc(C=O)cc1OC. The fraction of sp³-hybridized carbons (Fsp3) is 0.300. The summed E-state index contributed by atoms with van der Waals surface area (Å²) in [5.41, 5.74) is 1.22. The molecule has 1 aliphatic rings. The predicted molar refractivity (Wildman–Crippen MR) is 110 cm³/mol. The lowest BCUT2D eigenvalue weighted by molar-refractivity contribution is 0.112. The third-order valence-corrected chi connectivity index (χ3v) is 5.38. The number of carbonyl (C=O) groups excluding carboxylic acids is 1. The Labute approximate surface area is 170 Å². The minimum atomic E-state index is -3.41. The fourth-order valence-corrected chi connectivity index (χ4v) is 3.83. The first-order valence-corrected chi connectivity index (χ1v) is 10.3. The molecule has 156 valence electrons. The Hall–Kier alpha value is -2.91. The van der Waals surface area contributed by atoms with Crippen LogP contribution in [0.15, 0.2) is 52.4 Å². The van der Waals surface area contributed by atoms with E-state index in [0.29, 0.717) is 46.5 Å². The normalized spacial score (nSPS) is 14.9. The van der Waals surface area contributed by atoms with Crippen LogP contribution >= 0.6 is 0 Å². The second-order valence-electron chi connectivity index (χ2n) is 5.91. The molecule has 0 amide bonds. The van der Waals surface area contributed by atoms with Crippen molar-refractivity contribution in [2.75, 3.05) is 34.5 Å². The standard InChI is InChI=1S/C11H14N2O3S.C9H10O3/c1-16-8-4-7-12-11-9-5-2-3-6-10(9)17(14,15)13-11;1-11-8-4-3-7(6-10)5-9(8)12-2/h2-3,5-6H,4,7-8H2,1H3,(H,12,13);3-6H,1-2H3. The third kappa shape index (κ3) is 5.78. The topological polar surface area (TPSA) is 103 Å². The molecule has 29 heavy (non-hydrogen) atoms. The van der Waals surface area contributed by atoms with Crippen molar-refractivity contribution in [2.24, 2.45) is 4.99 Å². The summed E-state index contributed by atoms with van der Waals surface area (Å²) in [6.07, 6.45) is 1.53. The van der Waals surface area contributed by atoms with Gasteiger partial charge in [-0.2, -0.15) is 0 Å². The lowest BCUT2D eigenvalue weighted by Gasteiger charge is -2.06. The first kappa shape index (κ1) is 22.4. The molecule has 0 spiro atoms. The molecule has 2 aromatic rings. The highest BCUT2D eigenvalue weighted by atomic mass is 32.2. The van der Waals surface area contributed by atoms with Crippen molar-refractivity contribution < 1.29 is 27.4 Å². The molecule has 1 heterocycles. The highest BCUT2D eigenvalue weighted by molar-refractivity contribution is 7.90. The maximum absolute atomic E-state index is 11.7. The van der Waals surface area contributed by atoms with Crippen molar-refractivity contribution >= 4 is 22.1 Å². The van der Waals surface area contributed by atoms with Gasteiger partial charge < -0.3 is 14.2 Å². The number of fused-ring (bicyclic) bond motifs is 1. The average Bonchev–Trinajstić information content (AvgIpc) is 3.01. The largest absolute Gasteiger partial charge is 0.493 e. The van der Waals surface area contributed by atoms with Crippen LogP contribution in [-0.4, -0.2) is 55.0 Å². The Morgan fingerprint density at radius 1 is 1.03 bits per heavy atom. The van der Waals surface area contributed by atoms with Gasteiger partial charge in [-0.15, -0.1) is 0 Å². The van der Waals surface area contributed by atoms with E-state index in [-0.39, 0.29) is 0 Å². The van der Waals surface area contributed by atoms with E-state index in [9.17, 15) is 13.2 Å². The van der Waals surface area contributed by atoms with Gasteiger partial charge in [-0.05, 0) is 36.8 Å². The zero-order chi connectivity index (χ0) is 21.3. The summed E-state index contributed by atoms with van der Waals surface area (Å²) in [7, 11) is 1.30. The number of aldehydes is 1. The van der Waals surface area contributed by atoms with Crippen LogP contribution in [0, 0.1) is 0 Å². The van der Waals surface area contributed by atoms with Crippen molar-refractivity contribution in [1.29, 1.82) is 0 Å². The Bertz CT molecular complexity index is 973. The monoisotopic (exact) mass is 420 g/mol. The van der Waals surface area contributed by atoms with E-state index in [1.54, 1.807) is 56.7 Å². The molecule has 0 saturated carbocycles. The van der Waals surface area contributed by atoms with Crippen molar-refractivity contribution in [3.05, 3.63) is 53.6 Å². The number of hydrogen-bond donors (Lipinski definition) is 1. The van der Waals surface area contributed by atoms with Crippen LogP contribution in [0.5, 0.6) is 11.5 Å². The molecule has 3 rings (SSSR count). The van der Waals surface area contributed by atoms with E-state index in [0.717, 1.165) is 12.7 Å². The maximum Gasteiger partial charge on any atom is 0.263 e. The zero-order valence-corrected chi connectivity index (χ0v) is 17.4. The van der Waals surface area contributed by atoms with Gasteiger partial charge in [0.25, 0.3) is 10.0 Å². The molecule has 0 aromatic heterocycles. The first-order valence-electron chi connectivity index (χ1n) is 8.79. The second-order valence-corrected chi connectivity index (χ2v) is 7.56. The predicted octanol–water partition coefficient (Wildman–Crippen LogP) is 2.28. The van der Waals surface area contributed by atoms with Crippen LogP contribution in [0.1, 0.15) is 22.3 Å². The van der Waals surface area contributed by atoms with Crippen molar-refractivity contribution in [1.82, 2.24) is 4.72 Å².